The molecule has 0 fully saturated rings. The van der Waals surface area contributed by atoms with Crippen LogP contribution < -0.4 is 9.47 Å². The summed E-state index contributed by atoms with van der Waals surface area (Å²) in [7, 11) is 3.46. The van der Waals surface area contributed by atoms with Gasteiger partial charge in [0.2, 0.25) is 0 Å². The molecule has 0 spiro atoms. The summed E-state index contributed by atoms with van der Waals surface area (Å²) >= 11 is 3.39. The maximum absolute atomic E-state index is 5.43. The van der Waals surface area contributed by atoms with Crippen LogP contribution in [-0.4, -0.2) is 14.2 Å². The third-order valence-corrected chi connectivity index (χ3v) is 7.58. The van der Waals surface area contributed by atoms with Crippen molar-refractivity contribution in [2.24, 2.45) is 0 Å². The summed E-state index contributed by atoms with van der Waals surface area (Å²) in [6, 6.07) is 22.4. The van der Waals surface area contributed by atoms with E-state index in [9.17, 15) is 0 Å². The Morgan fingerprint density at radius 3 is 1.39 bits per heavy atom. The minimum Gasteiger partial charge on any atom is -0.487 e. The number of ether oxygens (including phenoxy) is 2. The van der Waals surface area contributed by atoms with E-state index < -0.39 is 0 Å². The zero-order valence-electron chi connectivity index (χ0n) is 15.4. The van der Waals surface area contributed by atoms with Crippen molar-refractivity contribution in [2.75, 3.05) is 14.2 Å². The lowest BCUT2D eigenvalue weighted by molar-refractivity contribution is 0.427. The number of methoxy groups -OCH3 is 2. The Morgan fingerprint density at radius 1 is 0.500 bits per heavy atom. The minimum atomic E-state index is 0.953. The topological polar surface area (TPSA) is 18.5 Å². The lowest BCUT2D eigenvalue weighted by Crippen LogP contribution is -1.81. The predicted octanol–water partition coefficient (Wildman–Crippen LogP) is 7.59. The van der Waals surface area contributed by atoms with E-state index in [0.29, 0.717) is 0 Å². The van der Waals surface area contributed by atoms with E-state index in [-0.39, 0.29) is 0 Å². The molecule has 28 heavy (non-hydrogen) atoms. The van der Waals surface area contributed by atoms with E-state index in [0.717, 1.165) is 10.1 Å². The molecule has 4 heteroatoms. The largest absolute Gasteiger partial charge is 0.487 e. The van der Waals surface area contributed by atoms with Crippen LogP contribution in [-0.2, 0) is 0 Å². The summed E-state index contributed by atoms with van der Waals surface area (Å²) < 4.78 is 13.4. The summed E-state index contributed by atoms with van der Waals surface area (Å²) in [5, 5.41) is 12.1. The summed E-state index contributed by atoms with van der Waals surface area (Å²) in [6.45, 7) is 0. The van der Waals surface area contributed by atoms with Gasteiger partial charge in [-0.15, -0.1) is 0 Å². The average molecular weight is 401 g/mol. The minimum absolute atomic E-state index is 0.953. The van der Waals surface area contributed by atoms with Crippen LogP contribution in [0.5, 0.6) is 10.1 Å². The van der Waals surface area contributed by atoms with E-state index in [1.807, 2.05) is 0 Å². The van der Waals surface area contributed by atoms with Gasteiger partial charge in [-0.2, -0.15) is 0 Å². The van der Waals surface area contributed by atoms with Crippen LogP contribution in [0.15, 0.2) is 60.7 Å². The molecule has 0 bridgehead atoms. The van der Waals surface area contributed by atoms with Crippen LogP contribution in [0.4, 0.5) is 0 Å². The number of thiophene rings is 2. The molecule has 0 aliphatic carbocycles. The van der Waals surface area contributed by atoms with Gasteiger partial charge < -0.3 is 9.47 Å². The van der Waals surface area contributed by atoms with Crippen molar-refractivity contribution in [1.82, 2.24) is 0 Å². The molecule has 4 aromatic carbocycles. The Balaban J connectivity index is 1.71. The van der Waals surface area contributed by atoms with E-state index in [1.54, 1.807) is 36.9 Å². The maximum Gasteiger partial charge on any atom is 0.174 e. The Kier molecular flexibility index (Phi) is 3.37. The van der Waals surface area contributed by atoms with Crippen molar-refractivity contribution >= 4 is 75.2 Å². The molecular formula is C24H16O2S2. The molecule has 136 valence electrons. The second-order valence-electron chi connectivity index (χ2n) is 6.99. The zero-order chi connectivity index (χ0) is 18.8. The second kappa shape index (κ2) is 5.84. The highest BCUT2D eigenvalue weighted by molar-refractivity contribution is 7.21. The molecule has 2 nitrogen and oxygen atoms in total. The third-order valence-electron chi connectivity index (χ3n) is 5.46. The number of fused-ring (bicyclic) bond motifs is 7. The van der Waals surface area contributed by atoms with Gasteiger partial charge >= 0.3 is 0 Å². The fourth-order valence-corrected chi connectivity index (χ4v) is 5.90. The first kappa shape index (κ1) is 16.2. The van der Waals surface area contributed by atoms with Gasteiger partial charge in [0.05, 0.1) is 14.2 Å². The van der Waals surface area contributed by atoms with E-state index in [4.69, 9.17) is 9.47 Å². The monoisotopic (exact) mass is 400 g/mol. The van der Waals surface area contributed by atoms with Crippen LogP contribution in [0.25, 0.3) is 52.5 Å². The quantitative estimate of drug-likeness (QED) is 0.279. The molecule has 0 aliphatic rings. The summed E-state index contributed by atoms with van der Waals surface area (Å²) in [5.74, 6) is 0. The molecule has 2 heterocycles. The van der Waals surface area contributed by atoms with Gasteiger partial charge in [-0.1, -0.05) is 46.9 Å². The van der Waals surface area contributed by atoms with Crippen molar-refractivity contribution in [1.29, 1.82) is 0 Å². The van der Waals surface area contributed by atoms with Gasteiger partial charge in [-0.25, -0.2) is 0 Å². The smallest absolute Gasteiger partial charge is 0.174 e. The molecule has 0 radical (unpaired) electrons. The van der Waals surface area contributed by atoms with Gasteiger partial charge in [0.1, 0.15) is 0 Å². The molecule has 0 N–H and O–H groups in total. The van der Waals surface area contributed by atoms with E-state index in [2.05, 4.69) is 60.7 Å². The lowest BCUT2D eigenvalue weighted by Gasteiger charge is -2.08. The average Bonchev–Trinajstić information content (AvgIpc) is 3.32. The molecule has 2 aromatic heterocycles. The number of rotatable bonds is 2. The van der Waals surface area contributed by atoms with Crippen LogP contribution in [0.2, 0.25) is 0 Å². The molecular weight excluding hydrogens is 384 g/mol. The van der Waals surface area contributed by atoms with Gasteiger partial charge in [-0.05, 0) is 79.5 Å². The van der Waals surface area contributed by atoms with E-state index >= 15 is 0 Å². The van der Waals surface area contributed by atoms with Crippen LogP contribution >= 0.6 is 22.7 Å². The first-order valence-corrected chi connectivity index (χ1v) is 10.7. The first-order valence-electron chi connectivity index (χ1n) is 9.08. The SMILES string of the molecule is COc1cc2cc3ccc4c5cc6sc(OC)cc6cc5ccc4c3cc2s1. The Morgan fingerprint density at radius 2 is 0.964 bits per heavy atom. The molecule has 0 aliphatic heterocycles. The van der Waals surface area contributed by atoms with Crippen LogP contribution in [0, 0.1) is 0 Å². The molecule has 0 atom stereocenters. The number of benzene rings is 4. The van der Waals surface area contributed by atoms with Crippen molar-refractivity contribution in [2.45, 2.75) is 0 Å². The summed E-state index contributed by atoms with van der Waals surface area (Å²) in [5.41, 5.74) is 0. The summed E-state index contributed by atoms with van der Waals surface area (Å²) in [4.78, 5) is 0. The van der Waals surface area contributed by atoms with Gasteiger partial charge in [0.25, 0.3) is 0 Å². The van der Waals surface area contributed by atoms with Crippen molar-refractivity contribution in [3.8, 4) is 10.1 Å². The molecule has 0 saturated heterocycles. The predicted molar refractivity (Wildman–Crippen MR) is 123 cm³/mol. The first-order chi connectivity index (χ1) is 13.7. The highest BCUT2D eigenvalue weighted by Gasteiger charge is 2.10. The standard InChI is InChI=1S/C24H16O2S2/c1-25-23-9-15-7-13-3-5-18-17(19(13)11-21(15)27-23)6-4-14-8-16-10-24(26-2)28-22(16)12-20(14)18/h3-12H,1-2H3. The highest BCUT2D eigenvalue weighted by Crippen LogP contribution is 2.40. The zero-order valence-corrected chi connectivity index (χ0v) is 17.0. The number of hydrogen-bond acceptors (Lipinski definition) is 4. The van der Waals surface area contributed by atoms with Crippen LogP contribution in [0.1, 0.15) is 0 Å². The third kappa shape index (κ3) is 2.25. The lowest BCUT2D eigenvalue weighted by atomic mass is 9.96. The number of hydrogen-bond donors (Lipinski definition) is 0. The van der Waals surface area contributed by atoms with Gasteiger partial charge in [0.15, 0.2) is 10.1 Å². The molecule has 0 saturated carbocycles. The van der Waals surface area contributed by atoms with Crippen molar-refractivity contribution in [3.63, 3.8) is 0 Å². The maximum atomic E-state index is 5.43. The molecule has 6 aromatic rings. The highest BCUT2D eigenvalue weighted by atomic mass is 32.1. The normalized spacial score (nSPS) is 11.9. The van der Waals surface area contributed by atoms with Crippen molar-refractivity contribution in [3.05, 3.63) is 60.7 Å². The Labute approximate surface area is 169 Å². The van der Waals surface area contributed by atoms with Gasteiger partial charge in [-0.3, -0.25) is 0 Å². The molecule has 0 unspecified atom stereocenters. The van der Waals surface area contributed by atoms with E-state index in [1.165, 1.54) is 52.5 Å². The van der Waals surface area contributed by atoms with Gasteiger partial charge in [0, 0.05) is 9.40 Å². The van der Waals surface area contributed by atoms with Crippen molar-refractivity contribution < 1.29 is 9.47 Å². The molecule has 0 amide bonds. The fraction of sp³-hybridized carbons (Fsp3) is 0.0833. The Hall–Kier alpha value is -2.82. The second-order valence-corrected chi connectivity index (χ2v) is 9.08. The Bertz CT molecular complexity index is 1420. The molecule has 6 rings (SSSR count). The summed E-state index contributed by atoms with van der Waals surface area (Å²) in [6.07, 6.45) is 0. The van der Waals surface area contributed by atoms with Crippen LogP contribution in [0.3, 0.4) is 0 Å². The fourth-order valence-electron chi connectivity index (χ4n) is 4.10.